The predicted molar refractivity (Wildman–Crippen MR) is 102 cm³/mol. The Morgan fingerprint density at radius 3 is 2.81 bits per heavy atom. The van der Waals surface area contributed by atoms with Gasteiger partial charge in [-0.2, -0.15) is 0 Å². The SMILES string of the molecule is O=C(COC(=O)c1cc2ccccc2s1)N[C@@H]1CCCc2ccccc21. The number of rotatable bonds is 4. The number of carbonyl (C=O) groups excluding carboxylic acids is 2. The highest BCUT2D eigenvalue weighted by Gasteiger charge is 2.22. The van der Waals surface area contributed by atoms with Crippen LogP contribution in [0.5, 0.6) is 0 Å². The highest BCUT2D eigenvalue weighted by atomic mass is 32.1. The Hall–Kier alpha value is -2.66. The standard InChI is InChI=1S/C21H19NO3S/c23-20(22-17-10-5-8-14-6-1-3-9-16(14)17)13-25-21(24)19-12-15-7-2-4-11-18(15)26-19/h1-4,6-7,9,11-12,17H,5,8,10,13H2,(H,22,23)/t17-/m1/s1. The molecule has 1 aliphatic rings. The average molecular weight is 365 g/mol. The van der Waals surface area contributed by atoms with Crippen molar-refractivity contribution in [1.29, 1.82) is 0 Å². The topological polar surface area (TPSA) is 55.4 Å². The second-order valence-corrected chi connectivity index (χ2v) is 7.52. The second kappa shape index (κ2) is 7.30. The molecule has 1 atom stereocenters. The summed E-state index contributed by atoms with van der Waals surface area (Å²) in [6.45, 7) is -0.258. The van der Waals surface area contributed by atoms with E-state index < -0.39 is 5.97 Å². The molecule has 5 heteroatoms. The Morgan fingerprint density at radius 1 is 1.12 bits per heavy atom. The van der Waals surface area contributed by atoms with Gasteiger partial charge in [0, 0.05) is 4.70 Å². The molecule has 0 fully saturated rings. The van der Waals surface area contributed by atoms with E-state index in [1.54, 1.807) is 6.07 Å². The first-order valence-electron chi connectivity index (χ1n) is 8.73. The van der Waals surface area contributed by atoms with Gasteiger partial charge in [-0.1, -0.05) is 42.5 Å². The zero-order valence-corrected chi connectivity index (χ0v) is 15.1. The number of aryl methyl sites for hydroxylation is 1. The van der Waals surface area contributed by atoms with Crippen molar-refractivity contribution in [2.75, 3.05) is 6.61 Å². The van der Waals surface area contributed by atoms with Crippen molar-refractivity contribution in [3.63, 3.8) is 0 Å². The molecule has 0 radical (unpaired) electrons. The zero-order valence-electron chi connectivity index (χ0n) is 14.2. The number of carbonyl (C=O) groups is 2. The number of nitrogens with one attached hydrogen (secondary N) is 1. The summed E-state index contributed by atoms with van der Waals surface area (Å²) in [6, 6.07) is 17.8. The highest BCUT2D eigenvalue weighted by molar-refractivity contribution is 7.20. The van der Waals surface area contributed by atoms with Crippen molar-refractivity contribution < 1.29 is 14.3 Å². The van der Waals surface area contributed by atoms with Crippen LogP contribution in [0.1, 0.15) is 39.7 Å². The molecule has 4 nitrogen and oxygen atoms in total. The average Bonchev–Trinajstić information content (AvgIpc) is 3.11. The normalized spacial score (nSPS) is 16.1. The number of hydrogen-bond acceptors (Lipinski definition) is 4. The van der Waals surface area contributed by atoms with Crippen LogP contribution in [0.4, 0.5) is 0 Å². The van der Waals surface area contributed by atoms with Crippen LogP contribution >= 0.6 is 11.3 Å². The molecule has 3 aromatic rings. The van der Waals surface area contributed by atoms with Gasteiger partial charge in [0.05, 0.1) is 6.04 Å². The summed E-state index contributed by atoms with van der Waals surface area (Å²) in [6.07, 6.45) is 3.00. The van der Waals surface area contributed by atoms with Gasteiger partial charge in [0.1, 0.15) is 4.88 Å². The fourth-order valence-electron chi connectivity index (χ4n) is 3.42. The molecule has 0 unspecified atom stereocenters. The first kappa shape index (κ1) is 16.8. The van der Waals surface area contributed by atoms with Crippen molar-refractivity contribution in [2.24, 2.45) is 0 Å². The van der Waals surface area contributed by atoms with E-state index in [4.69, 9.17) is 4.74 Å². The third kappa shape index (κ3) is 3.48. The number of amides is 1. The summed E-state index contributed by atoms with van der Waals surface area (Å²) in [7, 11) is 0. The third-order valence-corrected chi connectivity index (χ3v) is 5.76. The lowest BCUT2D eigenvalue weighted by Crippen LogP contribution is -2.34. The summed E-state index contributed by atoms with van der Waals surface area (Å²) in [5.41, 5.74) is 2.45. The van der Waals surface area contributed by atoms with Crippen molar-refractivity contribution in [1.82, 2.24) is 5.32 Å². The van der Waals surface area contributed by atoms with Gasteiger partial charge in [-0.25, -0.2) is 4.79 Å². The molecule has 2 aromatic carbocycles. The minimum Gasteiger partial charge on any atom is -0.451 e. The number of hydrogen-bond donors (Lipinski definition) is 1. The zero-order chi connectivity index (χ0) is 17.9. The van der Waals surface area contributed by atoms with Crippen molar-refractivity contribution in [3.8, 4) is 0 Å². The Balaban J connectivity index is 1.36. The van der Waals surface area contributed by atoms with Gasteiger partial charge in [0.15, 0.2) is 6.61 Å². The molecule has 0 spiro atoms. The minimum absolute atomic E-state index is 0.00419. The smallest absolute Gasteiger partial charge is 0.348 e. The Morgan fingerprint density at radius 2 is 1.92 bits per heavy atom. The van der Waals surface area contributed by atoms with E-state index in [2.05, 4.69) is 17.4 Å². The summed E-state index contributed by atoms with van der Waals surface area (Å²) >= 11 is 1.38. The van der Waals surface area contributed by atoms with E-state index in [0.717, 1.165) is 29.3 Å². The van der Waals surface area contributed by atoms with Gasteiger partial charge in [0.25, 0.3) is 5.91 Å². The van der Waals surface area contributed by atoms with Crippen molar-refractivity contribution in [2.45, 2.75) is 25.3 Å². The van der Waals surface area contributed by atoms with Crippen molar-refractivity contribution >= 4 is 33.3 Å². The molecule has 1 aromatic heterocycles. The summed E-state index contributed by atoms with van der Waals surface area (Å²) in [4.78, 5) is 25.0. The maximum absolute atomic E-state index is 12.2. The van der Waals surface area contributed by atoms with Crippen LogP contribution in [0.25, 0.3) is 10.1 Å². The first-order chi connectivity index (χ1) is 12.7. The molecule has 0 saturated heterocycles. The van der Waals surface area contributed by atoms with Crippen LogP contribution in [0.15, 0.2) is 54.6 Å². The molecule has 4 rings (SSSR count). The largest absolute Gasteiger partial charge is 0.451 e. The van der Waals surface area contributed by atoms with Crippen LogP contribution in [-0.2, 0) is 16.0 Å². The Kier molecular flexibility index (Phi) is 4.71. The minimum atomic E-state index is -0.453. The number of thiophene rings is 1. The van der Waals surface area contributed by atoms with E-state index in [9.17, 15) is 9.59 Å². The molecule has 1 N–H and O–H groups in total. The molecule has 26 heavy (non-hydrogen) atoms. The maximum atomic E-state index is 12.2. The van der Waals surface area contributed by atoms with E-state index in [0.29, 0.717) is 4.88 Å². The van der Waals surface area contributed by atoms with Crippen LogP contribution in [0.3, 0.4) is 0 Å². The molecular formula is C21H19NO3S. The lowest BCUT2D eigenvalue weighted by atomic mass is 9.88. The Labute approximate surface area is 155 Å². The monoisotopic (exact) mass is 365 g/mol. The van der Waals surface area contributed by atoms with Gasteiger partial charge in [-0.3, -0.25) is 4.79 Å². The molecule has 132 valence electrons. The number of ether oxygens (including phenoxy) is 1. The predicted octanol–water partition coefficient (Wildman–Crippen LogP) is 4.25. The van der Waals surface area contributed by atoms with Gasteiger partial charge < -0.3 is 10.1 Å². The molecule has 0 aliphatic heterocycles. The van der Waals surface area contributed by atoms with Crippen LogP contribution in [0, 0.1) is 0 Å². The van der Waals surface area contributed by atoms with E-state index in [1.165, 1.54) is 22.5 Å². The summed E-state index contributed by atoms with van der Waals surface area (Å²) < 4.78 is 6.24. The number of esters is 1. The van der Waals surface area contributed by atoms with E-state index in [-0.39, 0.29) is 18.6 Å². The summed E-state index contributed by atoms with van der Waals surface area (Å²) in [5.74, 6) is -0.716. The first-order valence-corrected chi connectivity index (χ1v) is 9.55. The van der Waals surface area contributed by atoms with Gasteiger partial charge in [-0.05, 0) is 47.9 Å². The van der Waals surface area contributed by atoms with Crippen molar-refractivity contribution in [3.05, 3.63) is 70.6 Å². The molecular weight excluding hydrogens is 346 g/mol. The molecule has 0 saturated carbocycles. The quantitative estimate of drug-likeness (QED) is 0.703. The van der Waals surface area contributed by atoms with Crippen LogP contribution < -0.4 is 5.32 Å². The molecule has 1 aliphatic carbocycles. The van der Waals surface area contributed by atoms with Crippen LogP contribution in [0.2, 0.25) is 0 Å². The molecule has 1 amide bonds. The van der Waals surface area contributed by atoms with Gasteiger partial charge in [-0.15, -0.1) is 11.3 Å². The van der Waals surface area contributed by atoms with E-state index in [1.807, 2.05) is 36.4 Å². The fourth-order valence-corrected chi connectivity index (χ4v) is 4.38. The third-order valence-electron chi connectivity index (χ3n) is 4.67. The molecule has 1 heterocycles. The lowest BCUT2D eigenvalue weighted by Gasteiger charge is -2.26. The molecule has 0 bridgehead atoms. The lowest BCUT2D eigenvalue weighted by molar-refractivity contribution is -0.125. The highest BCUT2D eigenvalue weighted by Crippen LogP contribution is 2.29. The van der Waals surface area contributed by atoms with E-state index >= 15 is 0 Å². The van der Waals surface area contributed by atoms with Gasteiger partial charge in [0.2, 0.25) is 0 Å². The Bertz CT molecular complexity index is 930. The van der Waals surface area contributed by atoms with Crippen LogP contribution in [-0.4, -0.2) is 18.5 Å². The fraction of sp³-hybridized carbons (Fsp3) is 0.238. The maximum Gasteiger partial charge on any atom is 0.348 e. The summed E-state index contributed by atoms with van der Waals surface area (Å²) in [5, 5.41) is 4.00. The number of fused-ring (bicyclic) bond motifs is 2. The second-order valence-electron chi connectivity index (χ2n) is 6.44. The van der Waals surface area contributed by atoms with Gasteiger partial charge >= 0.3 is 5.97 Å². The number of benzene rings is 2.